The van der Waals surface area contributed by atoms with Crippen LogP contribution in [-0.4, -0.2) is 0 Å². The van der Waals surface area contributed by atoms with Gasteiger partial charge in [-0.15, -0.1) is 0 Å². The minimum atomic E-state index is -0.199. The highest BCUT2D eigenvalue weighted by Crippen LogP contribution is 2.54. The molecule has 304 valence electrons. The summed E-state index contributed by atoms with van der Waals surface area (Å²) in [5, 5.41) is 0.718. The molecule has 0 unspecified atom stereocenters. The third kappa shape index (κ3) is 6.56. The van der Waals surface area contributed by atoms with E-state index in [9.17, 15) is 0 Å². The Kier molecular flexibility index (Phi) is 9.26. The smallest absolute Gasteiger partial charge is 0.0476 e. The van der Waals surface area contributed by atoms with Crippen LogP contribution >= 0.6 is 11.6 Å². The third-order valence-electron chi connectivity index (χ3n) is 13.5. The van der Waals surface area contributed by atoms with Gasteiger partial charge < -0.3 is 9.80 Å². The SMILES string of the molecule is CC1(C)c2cc(-c3ccc(N(c4ccccc4)c4ccccc4)cc3)ccc2-c2ccc(-c3ccc4c(c3)C(C)(C)c3cc(N(c5ccccc5)c5cccc(Cl)c5)ccc3-4)cc21. The first-order chi connectivity index (χ1) is 30.6. The summed E-state index contributed by atoms with van der Waals surface area (Å²) in [7, 11) is 0. The largest absolute Gasteiger partial charge is 0.311 e. The van der Waals surface area contributed by atoms with Crippen molar-refractivity contribution in [3.63, 3.8) is 0 Å². The normalized spacial score (nSPS) is 13.7. The lowest BCUT2D eigenvalue weighted by Gasteiger charge is -2.28. The number of anilines is 6. The standard InChI is InChI=1S/C60H47ClN2/c1-59(2)55-35-41(40-23-28-48(29-24-40)62(45-16-8-5-9-17-45)46-18-10-6-11-19-46)25-31-51(55)52-32-26-42(36-56(52)59)43-27-33-53-54-34-30-50(39-58(54)60(3,4)57(53)37-43)63(47-20-12-7-13-21-47)49-22-14-15-44(61)38-49/h5-39H,1-4H3. The number of para-hydroxylation sites is 3. The van der Waals surface area contributed by atoms with E-state index in [0.717, 1.165) is 39.1 Å². The van der Waals surface area contributed by atoms with Gasteiger partial charge in [0.15, 0.2) is 0 Å². The first-order valence-corrected chi connectivity index (χ1v) is 22.2. The number of hydrogen-bond acceptors (Lipinski definition) is 2. The molecule has 11 rings (SSSR count). The van der Waals surface area contributed by atoms with Crippen LogP contribution in [0.1, 0.15) is 49.9 Å². The Hall–Kier alpha value is -7.13. The molecule has 3 heteroatoms. The summed E-state index contributed by atoms with van der Waals surface area (Å²) in [6.07, 6.45) is 0. The van der Waals surface area contributed by atoms with Crippen LogP contribution in [-0.2, 0) is 10.8 Å². The molecule has 0 aliphatic heterocycles. The van der Waals surface area contributed by atoms with Crippen molar-refractivity contribution >= 4 is 45.7 Å². The molecule has 9 aromatic rings. The molecule has 2 aliphatic carbocycles. The molecule has 0 radical (unpaired) electrons. The fraction of sp³-hybridized carbons (Fsp3) is 0.100. The van der Waals surface area contributed by atoms with E-state index in [4.69, 9.17) is 11.6 Å². The zero-order chi connectivity index (χ0) is 42.9. The van der Waals surface area contributed by atoms with E-state index in [1.54, 1.807) is 0 Å². The molecule has 2 nitrogen and oxygen atoms in total. The first kappa shape index (κ1) is 38.8. The van der Waals surface area contributed by atoms with Crippen molar-refractivity contribution in [1.82, 2.24) is 0 Å². The lowest BCUT2D eigenvalue weighted by molar-refractivity contribution is 0.659. The van der Waals surface area contributed by atoms with Gasteiger partial charge in [-0.2, -0.15) is 0 Å². The Labute approximate surface area is 376 Å². The highest BCUT2D eigenvalue weighted by atomic mass is 35.5. The molecule has 9 aromatic carbocycles. The second-order valence-corrected chi connectivity index (χ2v) is 18.4. The van der Waals surface area contributed by atoms with E-state index >= 15 is 0 Å². The molecular weight excluding hydrogens is 784 g/mol. The number of rotatable bonds is 8. The highest BCUT2D eigenvalue weighted by Gasteiger charge is 2.38. The number of benzene rings is 9. The summed E-state index contributed by atoms with van der Waals surface area (Å²) in [6, 6.07) is 77.0. The Bertz CT molecular complexity index is 3130. The van der Waals surface area contributed by atoms with Gasteiger partial charge >= 0.3 is 0 Å². The molecule has 0 saturated heterocycles. The van der Waals surface area contributed by atoms with Crippen LogP contribution in [0, 0.1) is 0 Å². The van der Waals surface area contributed by atoms with Crippen LogP contribution < -0.4 is 9.80 Å². The molecule has 0 amide bonds. The predicted octanol–water partition coefficient (Wildman–Crippen LogP) is 17.2. The van der Waals surface area contributed by atoms with Crippen molar-refractivity contribution in [2.24, 2.45) is 0 Å². The topological polar surface area (TPSA) is 6.48 Å². The van der Waals surface area contributed by atoms with Gasteiger partial charge in [-0.25, -0.2) is 0 Å². The van der Waals surface area contributed by atoms with Crippen LogP contribution in [0.3, 0.4) is 0 Å². The van der Waals surface area contributed by atoms with Gasteiger partial charge in [-0.3, -0.25) is 0 Å². The molecule has 0 heterocycles. The molecule has 0 spiro atoms. The summed E-state index contributed by atoms with van der Waals surface area (Å²) in [5.74, 6) is 0. The molecule has 0 atom stereocenters. The zero-order valence-electron chi connectivity index (χ0n) is 36.0. The molecular formula is C60H47ClN2. The molecule has 0 N–H and O–H groups in total. The number of nitrogens with zero attached hydrogens (tertiary/aromatic N) is 2. The van der Waals surface area contributed by atoms with Crippen LogP contribution in [0.5, 0.6) is 0 Å². The Balaban J connectivity index is 0.895. The van der Waals surface area contributed by atoms with Gasteiger partial charge in [0.05, 0.1) is 0 Å². The summed E-state index contributed by atoms with van der Waals surface area (Å²) < 4.78 is 0. The number of hydrogen-bond donors (Lipinski definition) is 0. The fourth-order valence-corrected chi connectivity index (χ4v) is 10.4. The van der Waals surface area contributed by atoms with Crippen LogP contribution in [0.25, 0.3) is 44.5 Å². The number of halogens is 1. The second kappa shape index (κ2) is 15.0. The average Bonchev–Trinajstić information content (AvgIpc) is 3.68. The zero-order valence-corrected chi connectivity index (χ0v) is 36.7. The summed E-state index contributed by atoms with van der Waals surface area (Å²) >= 11 is 6.54. The van der Waals surface area contributed by atoms with Gasteiger partial charge in [-0.1, -0.05) is 155 Å². The van der Waals surface area contributed by atoms with Crippen molar-refractivity contribution in [2.75, 3.05) is 9.80 Å². The monoisotopic (exact) mass is 830 g/mol. The summed E-state index contributed by atoms with van der Waals surface area (Å²) in [5.41, 5.74) is 21.9. The lowest BCUT2D eigenvalue weighted by atomic mass is 9.80. The second-order valence-electron chi connectivity index (χ2n) is 18.0. The van der Waals surface area contributed by atoms with Crippen molar-refractivity contribution in [2.45, 2.75) is 38.5 Å². The predicted molar refractivity (Wildman–Crippen MR) is 267 cm³/mol. The van der Waals surface area contributed by atoms with Crippen molar-refractivity contribution in [1.29, 1.82) is 0 Å². The Morgan fingerprint density at radius 2 is 0.603 bits per heavy atom. The van der Waals surface area contributed by atoms with E-state index in [0.29, 0.717) is 0 Å². The molecule has 2 aliphatic rings. The van der Waals surface area contributed by atoms with Gasteiger partial charge in [0.1, 0.15) is 0 Å². The maximum atomic E-state index is 6.54. The highest BCUT2D eigenvalue weighted by molar-refractivity contribution is 6.30. The summed E-state index contributed by atoms with van der Waals surface area (Å²) in [4.78, 5) is 4.61. The van der Waals surface area contributed by atoms with Gasteiger partial charge in [0.2, 0.25) is 0 Å². The number of fused-ring (bicyclic) bond motifs is 6. The molecule has 0 aromatic heterocycles. The molecule has 63 heavy (non-hydrogen) atoms. The van der Waals surface area contributed by atoms with Crippen molar-refractivity contribution in [3.05, 3.63) is 240 Å². The van der Waals surface area contributed by atoms with Crippen LogP contribution in [0.15, 0.2) is 212 Å². The Morgan fingerprint density at radius 1 is 0.286 bits per heavy atom. The van der Waals surface area contributed by atoms with Crippen molar-refractivity contribution in [3.8, 4) is 44.5 Å². The van der Waals surface area contributed by atoms with E-state index < -0.39 is 0 Å². The van der Waals surface area contributed by atoms with E-state index in [1.807, 2.05) is 18.2 Å². The van der Waals surface area contributed by atoms with Crippen LogP contribution in [0.2, 0.25) is 5.02 Å². The maximum Gasteiger partial charge on any atom is 0.0476 e. The molecule has 0 fully saturated rings. The van der Waals surface area contributed by atoms with E-state index in [2.05, 4.69) is 232 Å². The first-order valence-electron chi connectivity index (χ1n) is 21.9. The lowest BCUT2D eigenvalue weighted by Crippen LogP contribution is -2.17. The average molecular weight is 832 g/mol. The molecule has 0 saturated carbocycles. The Morgan fingerprint density at radius 3 is 1.05 bits per heavy atom. The molecule has 0 bridgehead atoms. The van der Waals surface area contributed by atoms with E-state index in [-0.39, 0.29) is 10.8 Å². The van der Waals surface area contributed by atoms with Crippen molar-refractivity contribution < 1.29 is 0 Å². The van der Waals surface area contributed by atoms with E-state index in [1.165, 1.54) is 66.8 Å². The fourth-order valence-electron chi connectivity index (χ4n) is 10.2. The van der Waals surface area contributed by atoms with Gasteiger partial charge in [0.25, 0.3) is 0 Å². The van der Waals surface area contributed by atoms with Gasteiger partial charge in [-0.05, 0) is 164 Å². The maximum absolute atomic E-state index is 6.54. The van der Waals surface area contributed by atoms with Gasteiger partial charge in [0, 0.05) is 50.0 Å². The van der Waals surface area contributed by atoms with Crippen LogP contribution in [0.4, 0.5) is 34.1 Å². The minimum Gasteiger partial charge on any atom is -0.311 e. The summed E-state index contributed by atoms with van der Waals surface area (Å²) in [6.45, 7) is 9.50. The third-order valence-corrected chi connectivity index (χ3v) is 13.7. The minimum absolute atomic E-state index is 0.162. The quantitative estimate of drug-likeness (QED) is 0.151.